The van der Waals surface area contributed by atoms with Gasteiger partial charge in [0.1, 0.15) is 0 Å². The molecule has 0 fully saturated rings. The summed E-state index contributed by atoms with van der Waals surface area (Å²) in [7, 11) is 0. The highest BCUT2D eigenvalue weighted by Crippen LogP contribution is 2.33. The molecule has 2 aromatic rings. The van der Waals surface area contributed by atoms with Gasteiger partial charge in [-0.25, -0.2) is 0 Å². The van der Waals surface area contributed by atoms with Gasteiger partial charge < -0.3 is 0 Å². The number of aromatic nitrogens is 2. The number of pyridine rings is 2. The van der Waals surface area contributed by atoms with E-state index in [1.807, 2.05) is 0 Å². The van der Waals surface area contributed by atoms with Crippen LogP contribution in [0.15, 0.2) is 36.8 Å². The van der Waals surface area contributed by atoms with E-state index in [9.17, 15) is 13.2 Å². The van der Waals surface area contributed by atoms with Gasteiger partial charge in [0.2, 0.25) is 0 Å². The van der Waals surface area contributed by atoms with Gasteiger partial charge in [0.25, 0.3) is 0 Å². The van der Waals surface area contributed by atoms with Crippen LogP contribution in [0, 0.1) is 0 Å². The molecule has 0 aliphatic heterocycles. The molecule has 6 heteroatoms. The van der Waals surface area contributed by atoms with E-state index in [0.29, 0.717) is 5.56 Å². The summed E-state index contributed by atoms with van der Waals surface area (Å²) >= 11 is 5.78. The molecule has 17 heavy (non-hydrogen) atoms. The molecule has 0 N–H and O–H groups in total. The number of hydrogen-bond donors (Lipinski definition) is 0. The molecule has 0 aliphatic rings. The van der Waals surface area contributed by atoms with Gasteiger partial charge in [0.05, 0.1) is 16.3 Å². The topological polar surface area (TPSA) is 25.8 Å². The maximum Gasteiger partial charge on any atom is 0.417 e. The van der Waals surface area contributed by atoms with Crippen LogP contribution in [0.3, 0.4) is 0 Å². The van der Waals surface area contributed by atoms with Crippen molar-refractivity contribution in [2.24, 2.45) is 0 Å². The zero-order chi connectivity index (χ0) is 12.5. The van der Waals surface area contributed by atoms with E-state index >= 15 is 0 Å². The first kappa shape index (κ1) is 11.9. The molecule has 0 radical (unpaired) electrons. The lowest BCUT2D eigenvalue weighted by atomic mass is 10.1. The van der Waals surface area contributed by atoms with Gasteiger partial charge in [0.15, 0.2) is 0 Å². The van der Waals surface area contributed by atoms with Crippen molar-refractivity contribution in [2.45, 2.75) is 6.18 Å². The summed E-state index contributed by atoms with van der Waals surface area (Å²) in [6.07, 6.45) is -0.638. The van der Waals surface area contributed by atoms with Crippen molar-refractivity contribution in [3.8, 4) is 11.3 Å². The van der Waals surface area contributed by atoms with E-state index in [1.165, 1.54) is 6.20 Å². The Hall–Kier alpha value is -1.62. The van der Waals surface area contributed by atoms with E-state index in [-0.39, 0.29) is 10.7 Å². The molecule has 2 aromatic heterocycles. The lowest BCUT2D eigenvalue weighted by Crippen LogP contribution is -2.05. The van der Waals surface area contributed by atoms with Crippen molar-refractivity contribution in [3.05, 3.63) is 47.4 Å². The molecule has 88 valence electrons. The molecule has 0 unspecified atom stereocenters. The summed E-state index contributed by atoms with van der Waals surface area (Å²) < 4.78 is 37.2. The summed E-state index contributed by atoms with van der Waals surface area (Å²) in [4.78, 5) is 7.58. The lowest BCUT2D eigenvalue weighted by Gasteiger charge is -2.08. The van der Waals surface area contributed by atoms with E-state index in [0.717, 1.165) is 12.3 Å². The SMILES string of the molecule is FC(F)(F)c1cnc(-c2cccnc2)c(Cl)c1. The quantitative estimate of drug-likeness (QED) is 0.777. The average Bonchev–Trinajstić information content (AvgIpc) is 2.29. The fraction of sp³-hybridized carbons (Fsp3) is 0.0909. The highest BCUT2D eigenvalue weighted by Gasteiger charge is 2.31. The van der Waals surface area contributed by atoms with Crippen LogP contribution in [0.4, 0.5) is 13.2 Å². The Morgan fingerprint density at radius 2 is 1.94 bits per heavy atom. The molecule has 2 heterocycles. The van der Waals surface area contributed by atoms with Gasteiger partial charge in [-0.05, 0) is 18.2 Å². The molecule has 0 aliphatic carbocycles. The molecule has 0 saturated carbocycles. The molecule has 0 bridgehead atoms. The minimum atomic E-state index is -4.44. The van der Waals surface area contributed by atoms with E-state index < -0.39 is 11.7 Å². The van der Waals surface area contributed by atoms with Crippen molar-refractivity contribution in [1.29, 1.82) is 0 Å². The van der Waals surface area contributed by atoms with Gasteiger partial charge in [0, 0.05) is 24.2 Å². The second-order valence-corrected chi connectivity index (χ2v) is 3.70. The molecular formula is C11H6ClF3N2. The minimum Gasteiger partial charge on any atom is -0.264 e. The minimum absolute atomic E-state index is 0.0483. The maximum atomic E-state index is 12.4. The Balaban J connectivity index is 2.46. The van der Waals surface area contributed by atoms with E-state index in [4.69, 9.17) is 11.6 Å². The van der Waals surface area contributed by atoms with Crippen LogP contribution in [0.25, 0.3) is 11.3 Å². The molecule has 0 amide bonds. The van der Waals surface area contributed by atoms with E-state index in [2.05, 4.69) is 9.97 Å². The third-order valence-corrected chi connectivity index (χ3v) is 2.39. The Morgan fingerprint density at radius 3 is 2.47 bits per heavy atom. The van der Waals surface area contributed by atoms with Gasteiger partial charge in [-0.1, -0.05) is 11.6 Å². The summed E-state index contributed by atoms with van der Waals surface area (Å²) in [5, 5.41) is -0.0483. The zero-order valence-electron chi connectivity index (χ0n) is 8.37. The molecule has 0 saturated heterocycles. The number of halogens is 4. The second kappa shape index (κ2) is 4.33. The Bertz CT molecular complexity index is 526. The largest absolute Gasteiger partial charge is 0.417 e. The van der Waals surface area contributed by atoms with Crippen LogP contribution in [0.2, 0.25) is 5.02 Å². The third kappa shape index (κ3) is 2.55. The van der Waals surface area contributed by atoms with Crippen molar-refractivity contribution in [1.82, 2.24) is 9.97 Å². The second-order valence-electron chi connectivity index (χ2n) is 3.29. The summed E-state index contributed by atoms with van der Waals surface area (Å²) in [6.45, 7) is 0. The van der Waals surface area contributed by atoms with Gasteiger partial charge in [-0.3, -0.25) is 9.97 Å². The third-order valence-electron chi connectivity index (χ3n) is 2.10. The monoisotopic (exact) mass is 258 g/mol. The van der Waals surface area contributed by atoms with Crippen molar-refractivity contribution in [2.75, 3.05) is 0 Å². The molecule has 2 rings (SSSR count). The van der Waals surface area contributed by atoms with Crippen molar-refractivity contribution < 1.29 is 13.2 Å². The predicted molar refractivity (Wildman–Crippen MR) is 57.5 cm³/mol. The molecule has 0 aromatic carbocycles. The fourth-order valence-electron chi connectivity index (χ4n) is 1.31. The molecule has 0 atom stereocenters. The number of rotatable bonds is 1. The normalized spacial score (nSPS) is 11.5. The van der Waals surface area contributed by atoms with E-state index in [1.54, 1.807) is 18.3 Å². The van der Waals surface area contributed by atoms with Crippen molar-refractivity contribution in [3.63, 3.8) is 0 Å². The van der Waals surface area contributed by atoms with Gasteiger partial charge >= 0.3 is 6.18 Å². The van der Waals surface area contributed by atoms with Crippen LogP contribution in [0.5, 0.6) is 0 Å². The summed E-state index contributed by atoms with van der Waals surface area (Å²) in [5.41, 5.74) is -0.00543. The average molecular weight is 259 g/mol. The van der Waals surface area contributed by atoms with Crippen LogP contribution in [-0.4, -0.2) is 9.97 Å². The highest BCUT2D eigenvalue weighted by atomic mass is 35.5. The first-order chi connectivity index (χ1) is 7.98. The Kier molecular flexibility index (Phi) is 3.02. The van der Waals surface area contributed by atoms with Gasteiger partial charge in [-0.2, -0.15) is 13.2 Å². The maximum absolute atomic E-state index is 12.4. The molecule has 2 nitrogen and oxygen atoms in total. The standard InChI is InChI=1S/C11H6ClF3N2/c12-9-4-8(11(13,14)15)6-17-10(9)7-2-1-3-16-5-7/h1-6H. The Labute approximate surface area is 100 Å². The predicted octanol–water partition coefficient (Wildman–Crippen LogP) is 3.82. The lowest BCUT2D eigenvalue weighted by molar-refractivity contribution is -0.137. The van der Waals surface area contributed by atoms with Crippen LogP contribution in [0.1, 0.15) is 5.56 Å². The van der Waals surface area contributed by atoms with Crippen LogP contribution < -0.4 is 0 Å². The number of hydrogen-bond acceptors (Lipinski definition) is 2. The molecular weight excluding hydrogens is 253 g/mol. The Morgan fingerprint density at radius 1 is 1.18 bits per heavy atom. The van der Waals surface area contributed by atoms with Crippen LogP contribution >= 0.6 is 11.6 Å². The molecule has 0 spiro atoms. The summed E-state index contributed by atoms with van der Waals surface area (Å²) in [6, 6.07) is 4.19. The fourth-order valence-corrected chi connectivity index (χ4v) is 1.58. The highest BCUT2D eigenvalue weighted by molar-refractivity contribution is 6.33. The number of nitrogens with zero attached hydrogens (tertiary/aromatic N) is 2. The first-order valence-corrected chi connectivity index (χ1v) is 4.99. The van der Waals surface area contributed by atoms with Gasteiger partial charge in [-0.15, -0.1) is 0 Å². The zero-order valence-corrected chi connectivity index (χ0v) is 9.13. The van der Waals surface area contributed by atoms with Crippen molar-refractivity contribution >= 4 is 11.6 Å². The number of alkyl halides is 3. The summed E-state index contributed by atoms with van der Waals surface area (Å²) in [5.74, 6) is 0. The smallest absolute Gasteiger partial charge is 0.264 e. The van der Waals surface area contributed by atoms with Crippen LogP contribution in [-0.2, 0) is 6.18 Å². The first-order valence-electron chi connectivity index (χ1n) is 4.61.